The van der Waals surface area contributed by atoms with Gasteiger partial charge in [-0.1, -0.05) is 23.2 Å². The molecule has 1 aliphatic heterocycles. The summed E-state index contributed by atoms with van der Waals surface area (Å²) in [5.41, 5.74) is 2.27. The first-order valence-electron chi connectivity index (χ1n) is 10.1. The molecule has 0 bridgehead atoms. The third kappa shape index (κ3) is 3.99. The molecule has 5 rings (SSSR count). The summed E-state index contributed by atoms with van der Waals surface area (Å²) in [6.07, 6.45) is 3.22. The fourth-order valence-electron chi connectivity index (χ4n) is 3.73. The summed E-state index contributed by atoms with van der Waals surface area (Å²) in [6.45, 7) is 3.66. The highest BCUT2D eigenvalue weighted by Crippen LogP contribution is 2.38. The zero-order valence-corrected chi connectivity index (χ0v) is 19.1. The van der Waals surface area contributed by atoms with Gasteiger partial charge in [-0.05, 0) is 56.3 Å². The molecule has 0 fully saturated rings. The van der Waals surface area contributed by atoms with Crippen molar-refractivity contribution in [3.8, 4) is 11.4 Å². The topological polar surface area (TPSA) is 97.9 Å². The fourth-order valence-corrected chi connectivity index (χ4v) is 4.22. The number of hydrogen-bond acceptors (Lipinski definition) is 6. The van der Waals surface area contributed by atoms with Gasteiger partial charge >= 0.3 is 0 Å². The molecule has 1 atom stereocenters. The van der Waals surface area contributed by atoms with E-state index < -0.39 is 6.04 Å². The van der Waals surface area contributed by atoms with E-state index in [1.807, 2.05) is 26.0 Å². The van der Waals surface area contributed by atoms with Crippen molar-refractivity contribution < 1.29 is 9.21 Å². The molecule has 8 nitrogen and oxygen atoms in total. The number of amides is 1. The van der Waals surface area contributed by atoms with Gasteiger partial charge in [-0.3, -0.25) is 9.78 Å². The maximum atomic E-state index is 13.4. The largest absolute Gasteiger partial charge is 0.464 e. The van der Waals surface area contributed by atoms with Crippen molar-refractivity contribution in [2.75, 3.05) is 10.6 Å². The van der Waals surface area contributed by atoms with Gasteiger partial charge in [0.25, 0.3) is 5.91 Å². The Kier molecular flexibility index (Phi) is 5.39. The molecule has 166 valence electrons. The van der Waals surface area contributed by atoms with E-state index in [4.69, 9.17) is 27.6 Å². The lowest BCUT2D eigenvalue weighted by atomic mass is 10.00. The van der Waals surface area contributed by atoms with Crippen LogP contribution in [-0.4, -0.2) is 25.7 Å². The number of halogens is 2. The average molecular weight is 481 g/mol. The first-order valence-corrected chi connectivity index (χ1v) is 10.8. The minimum absolute atomic E-state index is 0.306. The van der Waals surface area contributed by atoms with E-state index in [0.29, 0.717) is 50.1 Å². The second-order valence-electron chi connectivity index (χ2n) is 7.54. The monoisotopic (exact) mass is 480 g/mol. The van der Waals surface area contributed by atoms with E-state index in [-0.39, 0.29) is 5.91 Å². The Morgan fingerprint density at radius 1 is 1.18 bits per heavy atom. The van der Waals surface area contributed by atoms with Gasteiger partial charge in [0.15, 0.2) is 5.82 Å². The van der Waals surface area contributed by atoms with E-state index in [1.165, 1.54) is 0 Å². The van der Waals surface area contributed by atoms with Crippen LogP contribution in [0.15, 0.2) is 70.5 Å². The normalized spacial score (nSPS) is 15.2. The van der Waals surface area contributed by atoms with Crippen LogP contribution in [0.4, 0.5) is 11.6 Å². The number of benzene rings is 1. The molecule has 0 saturated carbocycles. The Bertz CT molecular complexity index is 1390. The molecular formula is C23H18Cl2N6O2. The van der Waals surface area contributed by atoms with Crippen molar-refractivity contribution in [1.82, 2.24) is 19.7 Å². The maximum Gasteiger partial charge on any atom is 0.256 e. The summed E-state index contributed by atoms with van der Waals surface area (Å²) in [4.78, 5) is 22.0. The molecule has 1 unspecified atom stereocenters. The number of anilines is 2. The predicted octanol–water partition coefficient (Wildman–Crippen LogP) is 5.48. The van der Waals surface area contributed by atoms with E-state index in [2.05, 4.69) is 25.7 Å². The second-order valence-corrected chi connectivity index (χ2v) is 8.38. The molecule has 0 saturated heterocycles. The molecule has 0 radical (unpaired) electrons. The molecule has 1 aliphatic rings. The highest BCUT2D eigenvalue weighted by Gasteiger charge is 2.36. The quantitative estimate of drug-likeness (QED) is 0.401. The minimum atomic E-state index is -0.640. The van der Waals surface area contributed by atoms with Crippen LogP contribution in [0.5, 0.6) is 0 Å². The molecule has 2 N–H and O–H groups in total. The van der Waals surface area contributed by atoms with Crippen LogP contribution in [0.3, 0.4) is 0 Å². The molecule has 0 spiro atoms. The summed E-state index contributed by atoms with van der Waals surface area (Å²) in [5.74, 6) is 1.83. The molecular weight excluding hydrogens is 463 g/mol. The van der Waals surface area contributed by atoms with Gasteiger partial charge in [-0.25, -0.2) is 4.68 Å². The van der Waals surface area contributed by atoms with Crippen LogP contribution >= 0.6 is 23.2 Å². The van der Waals surface area contributed by atoms with E-state index >= 15 is 0 Å². The highest BCUT2D eigenvalue weighted by molar-refractivity contribution is 6.36. The highest BCUT2D eigenvalue weighted by atomic mass is 35.5. The van der Waals surface area contributed by atoms with E-state index in [0.717, 1.165) is 5.76 Å². The Morgan fingerprint density at radius 2 is 2.03 bits per heavy atom. The molecule has 1 aromatic carbocycles. The molecule has 10 heteroatoms. The summed E-state index contributed by atoms with van der Waals surface area (Å²) < 4.78 is 7.56. The van der Waals surface area contributed by atoms with Crippen LogP contribution in [0.25, 0.3) is 11.4 Å². The van der Waals surface area contributed by atoms with Crippen LogP contribution in [0, 0.1) is 6.92 Å². The van der Waals surface area contributed by atoms with Crippen molar-refractivity contribution >= 4 is 40.7 Å². The van der Waals surface area contributed by atoms with Crippen molar-refractivity contribution in [3.63, 3.8) is 0 Å². The number of nitrogens with one attached hydrogen (secondary N) is 2. The summed E-state index contributed by atoms with van der Waals surface area (Å²) in [6, 6.07) is 11.7. The maximum absolute atomic E-state index is 13.4. The van der Waals surface area contributed by atoms with Crippen LogP contribution in [0.1, 0.15) is 24.5 Å². The lowest BCUT2D eigenvalue weighted by Gasteiger charge is -2.27. The summed E-state index contributed by atoms with van der Waals surface area (Å²) >= 11 is 12.4. The number of pyridine rings is 1. The van der Waals surface area contributed by atoms with Crippen molar-refractivity contribution in [2.24, 2.45) is 0 Å². The number of hydrogen-bond donors (Lipinski definition) is 2. The second kappa shape index (κ2) is 8.38. The van der Waals surface area contributed by atoms with Gasteiger partial charge in [0.05, 0.1) is 22.5 Å². The Hall–Kier alpha value is -3.62. The molecule has 1 amide bonds. The zero-order valence-electron chi connectivity index (χ0n) is 17.6. The number of fused-ring (bicyclic) bond motifs is 1. The molecule has 33 heavy (non-hydrogen) atoms. The fraction of sp³-hybridized carbons (Fsp3) is 0.130. The number of carbonyl (C=O) groups excluding carboxylic acids is 1. The number of carbonyl (C=O) groups is 1. The number of nitrogens with zero attached hydrogens (tertiary/aromatic N) is 4. The average Bonchev–Trinajstić information content (AvgIpc) is 3.39. The van der Waals surface area contributed by atoms with Gasteiger partial charge in [0.1, 0.15) is 17.6 Å². The van der Waals surface area contributed by atoms with Gasteiger partial charge in [0.2, 0.25) is 5.95 Å². The van der Waals surface area contributed by atoms with Gasteiger partial charge in [0, 0.05) is 22.5 Å². The Morgan fingerprint density at radius 3 is 2.73 bits per heavy atom. The first-order chi connectivity index (χ1) is 15.9. The number of rotatable bonds is 4. The number of allylic oxidation sites excluding steroid dienone is 1. The first kappa shape index (κ1) is 21.2. The lowest BCUT2D eigenvalue weighted by molar-refractivity contribution is -0.113. The van der Waals surface area contributed by atoms with Gasteiger partial charge < -0.3 is 15.1 Å². The summed E-state index contributed by atoms with van der Waals surface area (Å²) in [5, 5.41) is 11.7. The van der Waals surface area contributed by atoms with E-state index in [1.54, 1.807) is 47.4 Å². The SMILES string of the molecule is CC1=C(C(=O)Nc2cccnc2)C(c2ccc(C)o2)n2nc(-c3ccc(Cl)cc3Cl)nc2N1. The lowest BCUT2D eigenvalue weighted by Crippen LogP contribution is -2.31. The van der Waals surface area contributed by atoms with Gasteiger partial charge in [-0.2, -0.15) is 4.98 Å². The number of furan rings is 1. The molecule has 0 aliphatic carbocycles. The minimum Gasteiger partial charge on any atom is -0.464 e. The van der Waals surface area contributed by atoms with Crippen LogP contribution < -0.4 is 10.6 Å². The van der Waals surface area contributed by atoms with Crippen LogP contribution in [-0.2, 0) is 4.79 Å². The number of aromatic nitrogens is 4. The predicted molar refractivity (Wildman–Crippen MR) is 126 cm³/mol. The van der Waals surface area contributed by atoms with Crippen molar-refractivity contribution in [1.29, 1.82) is 0 Å². The third-order valence-corrected chi connectivity index (χ3v) is 5.77. The molecule has 4 heterocycles. The van der Waals surface area contributed by atoms with Crippen molar-refractivity contribution in [2.45, 2.75) is 19.9 Å². The van der Waals surface area contributed by atoms with Gasteiger partial charge in [-0.15, -0.1) is 5.10 Å². The summed E-state index contributed by atoms with van der Waals surface area (Å²) in [7, 11) is 0. The number of aryl methyl sites for hydroxylation is 1. The van der Waals surface area contributed by atoms with Crippen molar-refractivity contribution in [3.05, 3.63) is 87.7 Å². The standard InChI is InChI=1S/C23H18Cl2N6O2/c1-12-5-8-18(33-12)20-19(22(32)28-15-4-3-9-26-11-15)13(2)27-23-29-21(30-31(20)23)16-7-6-14(24)10-17(16)25/h3-11,20H,1-2H3,(H,28,32)(H,27,29,30). The molecule has 4 aromatic rings. The van der Waals surface area contributed by atoms with E-state index in [9.17, 15) is 4.79 Å². The third-order valence-electron chi connectivity index (χ3n) is 5.22. The Labute approximate surface area is 199 Å². The zero-order chi connectivity index (χ0) is 23.1. The smallest absolute Gasteiger partial charge is 0.256 e. The molecule has 3 aromatic heterocycles. The van der Waals surface area contributed by atoms with Crippen LogP contribution in [0.2, 0.25) is 10.0 Å². The Balaban J connectivity index is 1.60.